The number of carboxylic acids is 1. The maximum absolute atomic E-state index is 12.7. The number of ether oxygens (including phenoxy) is 1. The molecule has 0 atom stereocenters. The molecule has 1 spiro atoms. The van der Waals surface area contributed by atoms with E-state index >= 15 is 0 Å². The van der Waals surface area contributed by atoms with Crippen molar-refractivity contribution < 1.29 is 32.6 Å². The lowest BCUT2D eigenvalue weighted by molar-refractivity contribution is -0.137. The highest BCUT2D eigenvalue weighted by Crippen LogP contribution is 2.35. The van der Waals surface area contributed by atoms with Gasteiger partial charge >= 0.3 is 18.2 Å². The zero-order chi connectivity index (χ0) is 22.2. The molecule has 166 valence electrons. The lowest BCUT2D eigenvalue weighted by Crippen LogP contribution is -2.46. The summed E-state index contributed by atoms with van der Waals surface area (Å²) in [5.74, 6) is -1.10. The van der Waals surface area contributed by atoms with E-state index in [1.165, 1.54) is 18.3 Å². The Labute approximate surface area is 180 Å². The highest BCUT2D eigenvalue weighted by Gasteiger charge is 2.47. The summed E-state index contributed by atoms with van der Waals surface area (Å²) >= 11 is 1.03. The Hall–Kier alpha value is -2.66. The van der Waals surface area contributed by atoms with E-state index < -0.39 is 29.4 Å². The normalized spacial score (nSPS) is 19.1. The van der Waals surface area contributed by atoms with Crippen LogP contribution in [0, 0.1) is 0 Å². The van der Waals surface area contributed by atoms with Crippen LogP contribution >= 0.6 is 11.3 Å². The van der Waals surface area contributed by atoms with E-state index in [2.05, 4.69) is 9.88 Å². The molecule has 2 aliphatic heterocycles. The molecule has 0 saturated carbocycles. The fourth-order valence-electron chi connectivity index (χ4n) is 3.92. The first-order chi connectivity index (χ1) is 14.6. The molecule has 0 aliphatic carbocycles. The molecule has 7 nitrogen and oxygen atoms in total. The fraction of sp³-hybridized carbons (Fsp3) is 0.450. The van der Waals surface area contributed by atoms with Gasteiger partial charge in [0.05, 0.1) is 18.7 Å². The molecule has 1 aromatic carbocycles. The number of halogens is 3. The lowest BCUT2D eigenvalue weighted by Gasteiger charge is -2.37. The lowest BCUT2D eigenvalue weighted by atomic mass is 9.91. The Bertz CT molecular complexity index is 969. The van der Waals surface area contributed by atoms with E-state index in [1.54, 1.807) is 4.90 Å². The number of aromatic carboxylic acids is 1. The maximum Gasteiger partial charge on any atom is 0.416 e. The van der Waals surface area contributed by atoms with Gasteiger partial charge in [-0.1, -0.05) is 12.1 Å². The van der Waals surface area contributed by atoms with Gasteiger partial charge in [0.15, 0.2) is 0 Å². The van der Waals surface area contributed by atoms with Crippen LogP contribution in [0.4, 0.5) is 18.0 Å². The van der Waals surface area contributed by atoms with Crippen molar-refractivity contribution >= 4 is 23.4 Å². The summed E-state index contributed by atoms with van der Waals surface area (Å²) < 4.78 is 43.8. The van der Waals surface area contributed by atoms with Crippen LogP contribution in [0.15, 0.2) is 30.5 Å². The SMILES string of the molecule is O=C(O)c1ncc(CN2CC3(CCN(Cc4ccc(C(F)(F)F)cc4)CC3)OC2=O)s1. The van der Waals surface area contributed by atoms with Crippen LogP contribution in [0.1, 0.15) is 38.6 Å². The quantitative estimate of drug-likeness (QED) is 0.738. The number of likely N-dealkylation sites (tertiary alicyclic amines) is 1. The first-order valence-corrected chi connectivity index (χ1v) is 10.5. The topological polar surface area (TPSA) is 83.0 Å². The van der Waals surface area contributed by atoms with E-state index in [9.17, 15) is 22.8 Å². The van der Waals surface area contributed by atoms with Crippen molar-refractivity contribution in [1.29, 1.82) is 0 Å². The van der Waals surface area contributed by atoms with Gasteiger partial charge in [-0.3, -0.25) is 9.80 Å². The summed E-state index contributed by atoms with van der Waals surface area (Å²) in [4.78, 5) is 31.5. The van der Waals surface area contributed by atoms with Crippen LogP contribution in [-0.4, -0.2) is 57.2 Å². The van der Waals surface area contributed by atoms with Crippen molar-refractivity contribution in [2.75, 3.05) is 19.6 Å². The molecule has 31 heavy (non-hydrogen) atoms. The number of hydrogen-bond acceptors (Lipinski definition) is 6. The number of alkyl halides is 3. The first-order valence-electron chi connectivity index (χ1n) is 9.68. The van der Waals surface area contributed by atoms with Gasteiger partial charge in [0.2, 0.25) is 5.01 Å². The van der Waals surface area contributed by atoms with Crippen LogP contribution in [0.25, 0.3) is 0 Å². The Kier molecular flexibility index (Phi) is 5.65. The molecular weight excluding hydrogens is 435 g/mol. The predicted molar refractivity (Wildman–Crippen MR) is 105 cm³/mol. The van der Waals surface area contributed by atoms with Gasteiger partial charge in [-0.2, -0.15) is 13.2 Å². The summed E-state index contributed by atoms with van der Waals surface area (Å²) in [6.07, 6.45) is -2.07. The molecule has 2 saturated heterocycles. The molecular formula is C20H20F3N3O4S. The van der Waals surface area contributed by atoms with Crippen molar-refractivity contribution in [3.05, 3.63) is 51.5 Å². The summed E-state index contributed by atoms with van der Waals surface area (Å²) in [5.41, 5.74) is -0.453. The van der Waals surface area contributed by atoms with Gasteiger partial charge < -0.3 is 9.84 Å². The van der Waals surface area contributed by atoms with Crippen molar-refractivity contribution in [2.45, 2.75) is 37.7 Å². The molecule has 2 fully saturated rings. The van der Waals surface area contributed by atoms with E-state index in [0.717, 1.165) is 29.0 Å². The molecule has 4 rings (SSSR count). The van der Waals surface area contributed by atoms with E-state index in [1.807, 2.05) is 0 Å². The van der Waals surface area contributed by atoms with Crippen LogP contribution in [0.5, 0.6) is 0 Å². The molecule has 3 heterocycles. The first kappa shape index (κ1) is 21.6. The minimum Gasteiger partial charge on any atom is -0.476 e. The second kappa shape index (κ2) is 8.12. The Morgan fingerprint density at radius 3 is 2.45 bits per heavy atom. The third kappa shape index (κ3) is 4.82. The monoisotopic (exact) mass is 455 g/mol. The molecule has 2 aliphatic rings. The molecule has 1 N–H and O–H groups in total. The smallest absolute Gasteiger partial charge is 0.416 e. The molecule has 0 bridgehead atoms. The number of hydrogen-bond donors (Lipinski definition) is 1. The Morgan fingerprint density at radius 1 is 1.19 bits per heavy atom. The van der Waals surface area contributed by atoms with Gasteiger partial charge in [0.1, 0.15) is 5.60 Å². The fourth-order valence-corrected chi connectivity index (χ4v) is 4.69. The number of benzene rings is 1. The second-order valence-corrected chi connectivity index (χ2v) is 8.93. The highest BCUT2D eigenvalue weighted by molar-refractivity contribution is 7.13. The zero-order valence-corrected chi connectivity index (χ0v) is 17.2. The zero-order valence-electron chi connectivity index (χ0n) is 16.4. The van der Waals surface area contributed by atoms with Crippen molar-refractivity contribution in [3.8, 4) is 0 Å². The molecule has 1 amide bonds. The number of nitrogens with zero attached hydrogens (tertiary/aromatic N) is 3. The number of thiazole rings is 1. The van der Waals surface area contributed by atoms with Crippen LogP contribution in [0.3, 0.4) is 0 Å². The number of carbonyl (C=O) groups excluding carboxylic acids is 1. The van der Waals surface area contributed by atoms with Crippen LogP contribution < -0.4 is 0 Å². The third-order valence-electron chi connectivity index (χ3n) is 5.58. The minimum atomic E-state index is -4.34. The maximum atomic E-state index is 12.7. The van der Waals surface area contributed by atoms with Crippen molar-refractivity contribution in [3.63, 3.8) is 0 Å². The number of carbonyl (C=O) groups is 2. The number of piperidine rings is 1. The molecule has 11 heteroatoms. The number of amides is 1. The highest BCUT2D eigenvalue weighted by atomic mass is 32.1. The average Bonchev–Trinajstić information content (AvgIpc) is 3.29. The van der Waals surface area contributed by atoms with Gasteiger partial charge in [-0.25, -0.2) is 14.6 Å². The average molecular weight is 455 g/mol. The summed E-state index contributed by atoms with van der Waals surface area (Å²) in [7, 11) is 0. The van der Waals surface area contributed by atoms with Gasteiger partial charge in [0.25, 0.3) is 0 Å². The van der Waals surface area contributed by atoms with E-state index in [-0.39, 0.29) is 11.6 Å². The molecule has 2 aromatic rings. The van der Waals surface area contributed by atoms with Crippen molar-refractivity contribution in [2.24, 2.45) is 0 Å². The van der Waals surface area contributed by atoms with Crippen LogP contribution in [-0.2, 0) is 24.0 Å². The standard InChI is InChI=1S/C20H20F3N3O4S/c21-20(22,23)14-3-1-13(2-4-14)10-25-7-5-19(6-8-25)12-26(18(29)30-19)11-15-9-24-16(31-15)17(27)28/h1-4,9H,5-8,10-12H2,(H,27,28). The molecule has 1 aromatic heterocycles. The summed E-state index contributed by atoms with van der Waals surface area (Å²) in [6.45, 7) is 2.52. The van der Waals surface area contributed by atoms with Crippen LogP contribution in [0.2, 0.25) is 0 Å². The number of rotatable bonds is 5. The largest absolute Gasteiger partial charge is 0.476 e. The van der Waals surface area contributed by atoms with Gasteiger partial charge in [0, 0.05) is 43.5 Å². The van der Waals surface area contributed by atoms with Gasteiger partial charge in [-0.15, -0.1) is 11.3 Å². The number of carboxylic acid groups (broad SMARTS) is 1. The molecule has 0 unspecified atom stereocenters. The van der Waals surface area contributed by atoms with E-state index in [0.29, 0.717) is 43.9 Å². The summed E-state index contributed by atoms with van der Waals surface area (Å²) in [5, 5.41) is 8.96. The summed E-state index contributed by atoms with van der Waals surface area (Å²) in [6, 6.07) is 5.16. The van der Waals surface area contributed by atoms with Gasteiger partial charge in [-0.05, 0) is 17.7 Å². The predicted octanol–water partition coefficient (Wildman–Crippen LogP) is 3.85. The minimum absolute atomic E-state index is 0.0196. The van der Waals surface area contributed by atoms with Crippen molar-refractivity contribution in [1.82, 2.24) is 14.8 Å². The third-order valence-corrected chi connectivity index (χ3v) is 6.55. The second-order valence-electron chi connectivity index (χ2n) is 7.81. The number of aromatic nitrogens is 1. The molecule has 0 radical (unpaired) electrons. The van der Waals surface area contributed by atoms with E-state index in [4.69, 9.17) is 9.84 Å². The Balaban J connectivity index is 1.31. The Morgan fingerprint density at radius 2 is 1.87 bits per heavy atom.